The molecule has 0 saturated carbocycles. The summed E-state index contributed by atoms with van der Waals surface area (Å²) in [7, 11) is 0. The SMILES string of the molecule is CC(O)CC[C]=O. The maximum absolute atomic E-state index is 9.47. The smallest absolute Gasteiger partial charge is 0.198 e. The van der Waals surface area contributed by atoms with Gasteiger partial charge in [-0.1, -0.05) is 0 Å². The Labute approximate surface area is 43.2 Å². The fraction of sp³-hybridized carbons (Fsp3) is 0.800. The average Bonchev–Trinajstić information content (AvgIpc) is 1.61. The summed E-state index contributed by atoms with van der Waals surface area (Å²) in [6, 6.07) is 0. The van der Waals surface area contributed by atoms with Gasteiger partial charge < -0.3 is 5.11 Å². The zero-order valence-electron chi connectivity index (χ0n) is 4.35. The van der Waals surface area contributed by atoms with E-state index in [-0.39, 0.29) is 6.10 Å². The van der Waals surface area contributed by atoms with Gasteiger partial charge in [0.15, 0.2) is 6.29 Å². The Morgan fingerprint density at radius 1 is 1.86 bits per heavy atom. The van der Waals surface area contributed by atoms with Crippen LogP contribution in [0.1, 0.15) is 19.8 Å². The quantitative estimate of drug-likeness (QED) is 0.553. The third-order valence-electron chi connectivity index (χ3n) is 0.664. The predicted octanol–water partition coefficient (Wildman–Crippen LogP) is 0.257. The van der Waals surface area contributed by atoms with Gasteiger partial charge in [-0.25, -0.2) is 0 Å². The van der Waals surface area contributed by atoms with Gasteiger partial charge in [0.25, 0.3) is 0 Å². The van der Waals surface area contributed by atoms with Crippen molar-refractivity contribution in [1.82, 2.24) is 0 Å². The van der Waals surface area contributed by atoms with Crippen LogP contribution in [0, 0.1) is 0 Å². The second kappa shape index (κ2) is 3.81. The second-order valence-electron chi connectivity index (χ2n) is 1.53. The molecule has 1 radical (unpaired) electrons. The lowest BCUT2D eigenvalue weighted by Gasteiger charge is -1.94. The molecule has 0 aromatic heterocycles. The van der Waals surface area contributed by atoms with Crippen molar-refractivity contribution in [3.05, 3.63) is 0 Å². The van der Waals surface area contributed by atoms with Gasteiger partial charge in [0.2, 0.25) is 0 Å². The molecule has 0 amide bonds. The minimum Gasteiger partial charge on any atom is -0.393 e. The first-order valence-electron chi connectivity index (χ1n) is 2.30. The summed E-state index contributed by atoms with van der Waals surface area (Å²) in [5, 5.41) is 8.50. The molecule has 1 unspecified atom stereocenters. The van der Waals surface area contributed by atoms with Crippen molar-refractivity contribution in [2.24, 2.45) is 0 Å². The summed E-state index contributed by atoms with van der Waals surface area (Å²) in [6.07, 6.45) is 2.21. The standard InChI is InChI=1S/C5H9O2/c1-5(7)3-2-4-6/h5,7H,2-3H2,1H3. The summed E-state index contributed by atoms with van der Waals surface area (Å²) in [6.45, 7) is 1.65. The van der Waals surface area contributed by atoms with E-state index in [4.69, 9.17) is 5.11 Å². The van der Waals surface area contributed by atoms with Gasteiger partial charge in [-0.3, -0.25) is 4.79 Å². The molecular weight excluding hydrogens is 92.1 g/mol. The van der Waals surface area contributed by atoms with E-state index in [9.17, 15) is 4.79 Å². The van der Waals surface area contributed by atoms with Crippen molar-refractivity contribution in [3.63, 3.8) is 0 Å². The van der Waals surface area contributed by atoms with E-state index in [1.54, 1.807) is 13.2 Å². The van der Waals surface area contributed by atoms with E-state index in [2.05, 4.69) is 0 Å². The lowest BCUT2D eigenvalue weighted by molar-refractivity contribution is 0.187. The van der Waals surface area contributed by atoms with Crippen molar-refractivity contribution in [2.75, 3.05) is 0 Å². The maximum Gasteiger partial charge on any atom is 0.198 e. The first kappa shape index (κ1) is 6.63. The van der Waals surface area contributed by atoms with Crippen molar-refractivity contribution in [2.45, 2.75) is 25.9 Å². The zero-order valence-corrected chi connectivity index (χ0v) is 4.35. The van der Waals surface area contributed by atoms with Crippen LogP contribution in [0.5, 0.6) is 0 Å². The zero-order chi connectivity index (χ0) is 5.70. The second-order valence-corrected chi connectivity index (χ2v) is 1.53. The molecule has 0 heterocycles. The number of aliphatic hydroxyl groups is 1. The van der Waals surface area contributed by atoms with Crippen molar-refractivity contribution >= 4 is 6.29 Å². The minimum absolute atomic E-state index is 0.345. The van der Waals surface area contributed by atoms with Gasteiger partial charge in [-0.05, 0) is 13.3 Å². The lowest BCUT2D eigenvalue weighted by Crippen LogP contribution is -1.97. The van der Waals surface area contributed by atoms with E-state index in [0.717, 1.165) is 0 Å². The van der Waals surface area contributed by atoms with Gasteiger partial charge in [0.1, 0.15) is 0 Å². The van der Waals surface area contributed by atoms with Gasteiger partial charge in [0.05, 0.1) is 6.10 Å². The summed E-state index contributed by atoms with van der Waals surface area (Å²) < 4.78 is 0. The number of rotatable bonds is 3. The molecule has 0 aliphatic carbocycles. The molecule has 0 aliphatic heterocycles. The van der Waals surface area contributed by atoms with Gasteiger partial charge >= 0.3 is 0 Å². The van der Waals surface area contributed by atoms with Crippen molar-refractivity contribution < 1.29 is 9.90 Å². The van der Waals surface area contributed by atoms with Gasteiger partial charge in [-0.2, -0.15) is 0 Å². The van der Waals surface area contributed by atoms with E-state index in [0.29, 0.717) is 12.8 Å². The molecule has 0 bridgehead atoms. The van der Waals surface area contributed by atoms with Crippen LogP contribution in [-0.4, -0.2) is 17.5 Å². The van der Waals surface area contributed by atoms with Crippen LogP contribution in [0.4, 0.5) is 0 Å². The molecule has 0 fully saturated rings. The normalized spacial score (nSPS) is 13.4. The van der Waals surface area contributed by atoms with Gasteiger partial charge in [0, 0.05) is 6.42 Å². The molecule has 0 spiro atoms. The Morgan fingerprint density at radius 2 is 2.43 bits per heavy atom. The van der Waals surface area contributed by atoms with E-state index < -0.39 is 0 Å². The summed E-state index contributed by atoms with van der Waals surface area (Å²) in [5.41, 5.74) is 0. The summed E-state index contributed by atoms with van der Waals surface area (Å²) in [4.78, 5) is 9.47. The highest BCUT2D eigenvalue weighted by Gasteiger charge is 1.91. The number of hydrogen-bond donors (Lipinski definition) is 1. The molecule has 2 heteroatoms. The molecule has 0 aliphatic rings. The largest absolute Gasteiger partial charge is 0.393 e. The Morgan fingerprint density at radius 3 is 2.57 bits per heavy atom. The molecule has 1 atom stereocenters. The Balaban J connectivity index is 2.81. The molecule has 41 valence electrons. The molecular formula is C5H9O2. The number of carbonyl (C=O) groups excluding carboxylic acids is 1. The lowest BCUT2D eigenvalue weighted by atomic mass is 10.2. The third-order valence-corrected chi connectivity index (χ3v) is 0.664. The van der Waals surface area contributed by atoms with E-state index >= 15 is 0 Å². The van der Waals surface area contributed by atoms with Crippen molar-refractivity contribution in [3.8, 4) is 0 Å². The Hall–Kier alpha value is -0.370. The topological polar surface area (TPSA) is 37.3 Å². The fourth-order valence-corrected chi connectivity index (χ4v) is 0.268. The van der Waals surface area contributed by atoms with E-state index in [1.165, 1.54) is 0 Å². The van der Waals surface area contributed by atoms with Crippen LogP contribution >= 0.6 is 0 Å². The van der Waals surface area contributed by atoms with Crippen molar-refractivity contribution in [1.29, 1.82) is 0 Å². The van der Waals surface area contributed by atoms with Crippen LogP contribution in [0.25, 0.3) is 0 Å². The Bertz CT molecular complexity index is 50.0. The van der Waals surface area contributed by atoms with Crippen LogP contribution in [0.15, 0.2) is 0 Å². The maximum atomic E-state index is 9.47. The first-order chi connectivity index (χ1) is 3.27. The summed E-state index contributed by atoms with van der Waals surface area (Å²) in [5.74, 6) is 0. The summed E-state index contributed by atoms with van der Waals surface area (Å²) >= 11 is 0. The molecule has 0 aromatic carbocycles. The predicted molar refractivity (Wildman–Crippen MR) is 26.6 cm³/mol. The van der Waals surface area contributed by atoms with Crippen LogP contribution in [-0.2, 0) is 4.79 Å². The fourth-order valence-electron chi connectivity index (χ4n) is 0.268. The van der Waals surface area contributed by atoms with E-state index in [1.807, 2.05) is 0 Å². The highest BCUT2D eigenvalue weighted by atomic mass is 16.3. The average molecular weight is 101 g/mol. The first-order valence-corrected chi connectivity index (χ1v) is 2.30. The molecule has 0 aromatic rings. The molecule has 2 nitrogen and oxygen atoms in total. The van der Waals surface area contributed by atoms with Crippen LogP contribution in [0.3, 0.4) is 0 Å². The molecule has 1 N–H and O–H groups in total. The van der Waals surface area contributed by atoms with Crippen LogP contribution in [0.2, 0.25) is 0 Å². The monoisotopic (exact) mass is 101 g/mol. The van der Waals surface area contributed by atoms with Gasteiger partial charge in [-0.15, -0.1) is 0 Å². The Kier molecular flexibility index (Phi) is 3.61. The van der Waals surface area contributed by atoms with Crippen LogP contribution < -0.4 is 0 Å². The number of aliphatic hydroxyl groups excluding tert-OH is 1. The molecule has 0 rings (SSSR count). The number of hydrogen-bond acceptors (Lipinski definition) is 2. The highest BCUT2D eigenvalue weighted by Crippen LogP contribution is 1.90. The third kappa shape index (κ3) is 5.63. The highest BCUT2D eigenvalue weighted by molar-refractivity contribution is 5.50. The minimum atomic E-state index is -0.360. The molecule has 7 heavy (non-hydrogen) atoms. The molecule has 0 saturated heterocycles.